The first-order valence-electron chi connectivity index (χ1n) is 8.73. The molecule has 0 spiro atoms. The number of rotatable bonds is 0. The Morgan fingerprint density at radius 1 is 1.14 bits per heavy atom. The molecule has 22 heavy (non-hydrogen) atoms. The molecule has 2 aliphatic heterocycles. The Hall–Kier alpha value is -1.77. The van der Waals surface area contributed by atoms with E-state index in [0.29, 0.717) is 23.8 Å². The number of carbonyl (C=O) groups is 1. The maximum absolute atomic E-state index is 12.9. The Kier molecular flexibility index (Phi) is 2.67. The summed E-state index contributed by atoms with van der Waals surface area (Å²) in [6.07, 6.45) is 7.07. The van der Waals surface area contributed by atoms with Gasteiger partial charge in [0.05, 0.1) is 6.04 Å². The normalized spacial score (nSPS) is 30.8. The van der Waals surface area contributed by atoms with E-state index < -0.39 is 0 Å². The zero-order valence-corrected chi connectivity index (χ0v) is 12.8. The number of nitrogens with one attached hydrogen (secondary N) is 1. The number of benzene rings is 1. The van der Waals surface area contributed by atoms with E-state index in [1.165, 1.54) is 41.4 Å². The molecular weight excluding hydrogens is 272 g/mol. The lowest BCUT2D eigenvalue weighted by molar-refractivity contribution is -0.148. The van der Waals surface area contributed by atoms with E-state index in [9.17, 15) is 4.79 Å². The molecule has 1 amide bonds. The van der Waals surface area contributed by atoms with Crippen LogP contribution in [0.15, 0.2) is 24.3 Å². The predicted molar refractivity (Wildman–Crippen MR) is 86.5 cm³/mol. The van der Waals surface area contributed by atoms with E-state index in [0.717, 1.165) is 25.8 Å². The van der Waals surface area contributed by atoms with Crippen molar-refractivity contribution in [3.63, 3.8) is 0 Å². The van der Waals surface area contributed by atoms with Gasteiger partial charge < -0.3 is 9.88 Å². The monoisotopic (exact) mass is 294 g/mol. The van der Waals surface area contributed by atoms with E-state index in [1.807, 2.05) is 0 Å². The first-order chi connectivity index (χ1) is 10.8. The van der Waals surface area contributed by atoms with Gasteiger partial charge in [0.1, 0.15) is 0 Å². The zero-order chi connectivity index (χ0) is 14.7. The minimum Gasteiger partial charge on any atom is -0.356 e. The highest BCUT2D eigenvalue weighted by atomic mass is 16.2. The maximum atomic E-state index is 12.9. The van der Waals surface area contributed by atoms with Crippen LogP contribution in [0.3, 0.4) is 0 Å². The Bertz CT molecular complexity index is 747. The van der Waals surface area contributed by atoms with Gasteiger partial charge in [-0.1, -0.05) is 31.0 Å². The fourth-order valence-electron chi connectivity index (χ4n) is 5.14. The number of fused-ring (bicyclic) bond motifs is 6. The number of aromatic amines is 1. The van der Waals surface area contributed by atoms with E-state index in [-0.39, 0.29) is 0 Å². The molecular formula is C19H22N2O. The Labute approximate surface area is 130 Å². The third kappa shape index (κ3) is 1.65. The SMILES string of the molecule is O=C1[C@H]2CCCC[C@H]2C[C@H]2c3[nH]c4ccccc4c3CCN12. The third-order valence-electron chi connectivity index (χ3n) is 6.19. The molecule has 1 aromatic heterocycles. The number of hydrogen-bond acceptors (Lipinski definition) is 1. The number of piperidine rings is 1. The highest BCUT2D eigenvalue weighted by molar-refractivity contribution is 5.87. The first kappa shape index (κ1) is 12.7. The molecule has 3 heterocycles. The standard InChI is InChI=1S/C19H22N2O/c22-19-13-6-2-1-5-12(13)11-17-18-15(9-10-21(17)19)14-7-3-4-8-16(14)20-18/h3-4,7-8,12-13,17,20H,1-2,5-6,9-11H2/t12-,13-,17-/m0/s1. The molecule has 0 unspecified atom stereocenters. The Morgan fingerprint density at radius 3 is 2.95 bits per heavy atom. The number of H-pyrrole nitrogens is 1. The summed E-state index contributed by atoms with van der Waals surface area (Å²) in [5, 5.41) is 1.36. The van der Waals surface area contributed by atoms with E-state index >= 15 is 0 Å². The molecule has 1 aromatic carbocycles. The number of aromatic nitrogens is 1. The summed E-state index contributed by atoms with van der Waals surface area (Å²) in [5.74, 6) is 1.36. The minimum atomic E-state index is 0.294. The fraction of sp³-hybridized carbons (Fsp3) is 0.526. The average molecular weight is 294 g/mol. The van der Waals surface area contributed by atoms with Crippen molar-refractivity contribution in [2.75, 3.05) is 6.54 Å². The van der Waals surface area contributed by atoms with Crippen LogP contribution in [0.2, 0.25) is 0 Å². The number of nitrogens with zero attached hydrogens (tertiary/aromatic N) is 1. The van der Waals surface area contributed by atoms with Crippen LogP contribution in [-0.2, 0) is 11.2 Å². The minimum absolute atomic E-state index is 0.294. The summed E-state index contributed by atoms with van der Waals surface area (Å²) in [5.41, 5.74) is 4.01. The summed E-state index contributed by atoms with van der Waals surface area (Å²) in [6, 6.07) is 8.88. The van der Waals surface area contributed by atoms with Gasteiger partial charge in [0.15, 0.2) is 0 Å². The molecule has 0 bridgehead atoms. The summed E-state index contributed by atoms with van der Waals surface area (Å²) < 4.78 is 0. The topological polar surface area (TPSA) is 36.1 Å². The maximum Gasteiger partial charge on any atom is 0.226 e. The lowest BCUT2D eigenvalue weighted by atomic mass is 9.71. The number of amides is 1. The smallest absolute Gasteiger partial charge is 0.226 e. The van der Waals surface area contributed by atoms with Gasteiger partial charge in [0.2, 0.25) is 5.91 Å². The van der Waals surface area contributed by atoms with E-state index in [1.54, 1.807) is 0 Å². The fourth-order valence-corrected chi connectivity index (χ4v) is 5.14. The molecule has 5 rings (SSSR count). The van der Waals surface area contributed by atoms with Crippen molar-refractivity contribution in [2.45, 2.75) is 44.6 Å². The van der Waals surface area contributed by atoms with E-state index in [4.69, 9.17) is 0 Å². The molecule has 114 valence electrons. The molecule has 0 radical (unpaired) electrons. The molecule has 1 N–H and O–H groups in total. The van der Waals surface area contributed by atoms with Crippen molar-refractivity contribution >= 4 is 16.8 Å². The van der Waals surface area contributed by atoms with Gasteiger partial charge in [-0.2, -0.15) is 0 Å². The van der Waals surface area contributed by atoms with Crippen LogP contribution < -0.4 is 0 Å². The molecule has 3 heteroatoms. The van der Waals surface area contributed by atoms with Crippen LogP contribution in [0.25, 0.3) is 10.9 Å². The van der Waals surface area contributed by atoms with Crippen molar-refractivity contribution in [2.24, 2.45) is 11.8 Å². The van der Waals surface area contributed by atoms with Gasteiger partial charge in [-0.25, -0.2) is 0 Å². The lowest BCUT2D eigenvalue weighted by Crippen LogP contribution is -2.50. The van der Waals surface area contributed by atoms with Crippen molar-refractivity contribution < 1.29 is 4.79 Å². The summed E-state index contributed by atoms with van der Waals surface area (Å²) in [4.78, 5) is 18.8. The summed E-state index contributed by atoms with van der Waals surface area (Å²) >= 11 is 0. The molecule has 2 fully saturated rings. The van der Waals surface area contributed by atoms with Gasteiger partial charge in [-0.05, 0) is 43.2 Å². The summed E-state index contributed by atoms with van der Waals surface area (Å²) in [7, 11) is 0. The molecule has 3 atom stereocenters. The first-order valence-corrected chi connectivity index (χ1v) is 8.73. The molecule has 3 aliphatic rings. The molecule has 3 nitrogen and oxygen atoms in total. The molecule has 1 aliphatic carbocycles. The Balaban J connectivity index is 1.60. The number of hydrogen-bond donors (Lipinski definition) is 1. The summed E-state index contributed by atoms with van der Waals surface area (Å²) in [6.45, 7) is 0.904. The molecule has 1 saturated heterocycles. The van der Waals surface area contributed by atoms with Gasteiger partial charge in [0, 0.05) is 29.1 Å². The largest absolute Gasteiger partial charge is 0.356 e. The average Bonchev–Trinajstić information content (AvgIpc) is 2.94. The van der Waals surface area contributed by atoms with Crippen LogP contribution in [0, 0.1) is 11.8 Å². The van der Waals surface area contributed by atoms with Gasteiger partial charge >= 0.3 is 0 Å². The van der Waals surface area contributed by atoms with Crippen LogP contribution in [-0.4, -0.2) is 22.3 Å². The van der Waals surface area contributed by atoms with Gasteiger partial charge in [-0.3, -0.25) is 4.79 Å². The number of para-hydroxylation sites is 1. The molecule has 2 aromatic rings. The number of carbonyl (C=O) groups excluding carboxylic acids is 1. The second kappa shape index (κ2) is 4.61. The second-order valence-corrected chi connectivity index (χ2v) is 7.25. The lowest BCUT2D eigenvalue weighted by Gasteiger charge is -2.47. The van der Waals surface area contributed by atoms with E-state index in [2.05, 4.69) is 34.1 Å². The quantitative estimate of drug-likeness (QED) is 0.788. The highest BCUT2D eigenvalue weighted by Gasteiger charge is 2.45. The van der Waals surface area contributed by atoms with Gasteiger partial charge in [-0.15, -0.1) is 0 Å². The predicted octanol–water partition coefficient (Wildman–Crippen LogP) is 3.80. The zero-order valence-electron chi connectivity index (χ0n) is 12.8. The Morgan fingerprint density at radius 2 is 2.00 bits per heavy atom. The second-order valence-electron chi connectivity index (χ2n) is 7.25. The van der Waals surface area contributed by atoms with Gasteiger partial charge in [0.25, 0.3) is 0 Å². The van der Waals surface area contributed by atoms with Crippen LogP contribution >= 0.6 is 0 Å². The highest BCUT2D eigenvalue weighted by Crippen LogP contribution is 2.47. The van der Waals surface area contributed by atoms with Crippen molar-refractivity contribution in [3.05, 3.63) is 35.5 Å². The van der Waals surface area contributed by atoms with Crippen LogP contribution in [0.1, 0.15) is 49.4 Å². The molecule has 1 saturated carbocycles. The van der Waals surface area contributed by atoms with Crippen molar-refractivity contribution in [1.82, 2.24) is 9.88 Å². The van der Waals surface area contributed by atoms with Crippen molar-refractivity contribution in [3.8, 4) is 0 Å². The van der Waals surface area contributed by atoms with Crippen molar-refractivity contribution in [1.29, 1.82) is 0 Å². The third-order valence-corrected chi connectivity index (χ3v) is 6.19. The van der Waals surface area contributed by atoms with Crippen LogP contribution in [0.4, 0.5) is 0 Å². The van der Waals surface area contributed by atoms with Crippen LogP contribution in [0.5, 0.6) is 0 Å².